The Morgan fingerprint density at radius 3 is 2.60 bits per heavy atom. The number of anilines is 2. The summed E-state index contributed by atoms with van der Waals surface area (Å²) < 4.78 is 0. The molecule has 35 heavy (non-hydrogen) atoms. The standard InChI is InChI=1S/C23H25N7O5/c1-13-7-9-17(29-28-13)26-23(35)25-12-3-2-11-24-15-6-4-5-14-19(15)22(34)30(21(14)33)16-8-10-18(31)27-20(16)32/h4-7,9,16,24H,2-3,8,10-12H2,1H3,(H,27,31,32)(H2,25,26,29,35). The number of urea groups is 1. The topological polar surface area (TPSA) is 162 Å². The van der Waals surface area contributed by atoms with Crippen LogP contribution >= 0.6 is 0 Å². The smallest absolute Gasteiger partial charge is 0.320 e. The minimum Gasteiger partial charge on any atom is -0.384 e. The van der Waals surface area contributed by atoms with Gasteiger partial charge in [-0.1, -0.05) is 6.07 Å². The number of unbranched alkanes of at least 4 members (excludes halogenated alkanes) is 1. The molecule has 6 amide bonds. The molecule has 2 aromatic rings. The zero-order chi connectivity index (χ0) is 24.9. The van der Waals surface area contributed by atoms with Crippen LogP contribution in [-0.4, -0.2) is 63.9 Å². The van der Waals surface area contributed by atoms with Crippen LogP contribution < -0.4 is 21.3 Å². The normalized spacial score (nSPS) is 17.2. The van der Waals surface area contributed by atoms with E-state index >= 15 is 0 Å². The van der Waals surface area contributed by atoms with Gasteiger partial charge >= 0.3 is 6.03 Å². The van der Waals surface area contributed by atoms with E-state index in [1.807, 2.05) is 0 Å². The molecule has 1 atom stereocenters. The van der Waals surface area contributed by atoms with Crippen molar-refractivity contribution in [3.63, 3.8) is 0 Å². The van der Waals surface area contributed by atoms with Crippen molar-refractivity contribution in [1.82, 2.24) is 25.7 Å². The number of fused-ring (bicyclic) bond motifs is 1. The number of nitrogens with one attached hydrogen (secondary N) is 4. The molecule has 4 N–H and O–H groups in total. The summed E-state index contributed by atoms with van der Waals surface area (Å²) in [6.45, 7) is 2.74. The number of hydrogen-bond donors (Lipinski definition) is 4. The average Bonchev–Trinajstić information content (AvgIpc) is 3.08. The second kappa shape index (κ2) is 10.3. The molecule has 2 aliphatic rings. The molecule has 1 aromatic carbocycles. The lowest BCUT2D eigenvalue weighted by Crippen LogP contribution is -2.54. The summed E-state index contributed by atoms with van der Waals surface area (Å²) in [5.74, 6) is -1.80. The lowest BCUT2D eigenvalue weighted by Gasteiger charge is -2.27. The van der Waals surface area contributed by atoms with Crippen LogP contribution in [-0.2, 0) is 9.59 Å². The largest absolute Gasteiger partial charge is 0.384 e. The van der Waals surface area contributed by atoms with Crippen molar-refractivity contribution in [2.24, 2.45) is 0 Å². The van der Waals surface area contributed by atoms with Crippen molar-refractivity contribution in [3.8, 4) is 0 Å². The lowest BCUT2D eigenvalue weighted by atomic mass is 10.0. The van der Waals surface area contributed by atoms with Gasteiger partial charge in [0, 0.05) is 25.2 Å². The number of imide groups is 2. The van der Waals surface area contributed by atoms with Crippen LogP contribution in [0.3, 0.4) is 0 Å². The molecule has 0 saturated carbocycles. The molecule has 2 aliphatic heterocycles. The molecule has 12 nitrogen and oxygen atoms in total. The number of amides is 6. The highest BCUT2D eigenvalue weighted by Crippen LogP contribution is 2.32. The number of aromatic nitrogens is 2. The zero-order valence-electron chi connectivity index (χ0n) is 19.1. The van der Waals surface area contributed by atoms with Crippen LogP contribution in [0.5, 0.6) is 0 Å². The van der Waals surface area contributed by atoms with Crippen molar-refractivity contribution in [2.45, 2.75) is 38.6 Å². The summed E-state index contributed by atoms with van der Waals surface area (Å²) in [4.78, 5) is 62.5. The molecule has 1 fully saturated rings. The number of hydrogen-bond acceptors (Lipinski definition) is 8. The number of aryl methyl sites for hydroxylation is 1. The van der Waals surface area contributed by atoms with E-state index < -0.39 is 29.7 Å². The quantitative estimate of drug-likeness (QED) is 0.324. The van der Waals surface area contributed by atoms with Crippen LogP contribution in [0.15, 0.2) is 30.3 Å². The van der Waals surface area contributed by atoms with Gasteiger partial charge in [-0.3, -0.25) is 34.7 Å². The Morgan fingerprint density at radius 2 is 1.86 bits per heavy atom. The highest BCUT2D eigenvalue weighted by molar-refractivity contribution is 6.25. The van der Waals surface area contributed by atoms with E-state index in [2.05, 4.69) is 31.5 Å². The molecule has 0 spiro atoms. The SMILES string of the molecule is Cc1ccc(NC(=O)NCCCCNc2cccc3c2C(=O)N(C2CCC(=O)NC2=O)C3=O)nn1. The summed E-state index contributed by atoms with van der Waals surface area (Å²) >= 11 is 0. The number of piperidine rings is 1. The van der Waals surface area contributed by atoms with Crippen LogP contribution in [0.1, 0.15) is 52.1 Å². The predicted molar refractivity (Wildman–Crippen MR) is 125 cm³/mol. The molecule has 1 saturated heterocycles. The first-order valence-electron chi connectivity index (χ1n) is 11.3. The molecule has 12 heteroatoms. The zero-order valence-corrected chi connectivity index (χ0v) is 19.1. The molecule has 3 heterocycles. The summed E-state index contributed by atoms with van der Waals surface area (Å²) in [5.41, 5.74) is 1.70. The number of benzene rings is 1. The van der Waals surface area contributed by atoms with E-state index in [1.165, 1.54) is 0 Å². The Balaban J connectivity index is 1.27. The van der Waals surface area contributed by atoms with Gasteiger partial charge in [-0.15, -0.1) is 5.10 Å². The Bertz CT molecular complexity index is 1180. The van der Waals surface area contributed by atoms with Crippen molar-refractivity contribution in [3.05, 3.63) is 47.2 Å². The highest BCUT2D eigenvalue weighted by atomic mass is 16.2. The Hall–Kier alpha value is -4.35. The third-order valence-corrected chi connectivity index (χ3v) is 5.71. The van der Waals surface area contributed by atoms with Gasteiger partial charge in [0.2, 0.25) is 11.8 Å². The Labute approximate surface area is 200 Å². The first kappa shape index (κ1) is 23.8. The summed E-state index contributed by atoms with van der Waals surface area (Å²) in [6, 6.07) is 6.94. The maximum Gasteiger partial charge on any atom is 0.320 e. The van der Waals surface area contributed by atoms with Gasteiger partial charge in [0.25, 0.3) is 11.8 Å². The number of carbonyl (C=O) groups excluding carboxylic acids is 5. The fourth-order valence-corrected chi connectivity index (χ4v) is 3.96. The van der Waals surface area contributed by atoms with Gasteiger partial charge in [-0.25, -0.2) is 4.79 Å². The fraction of sp³-hybridized carbons (Fsp3) is 0.348. The van der Waals surface area contributed by atoms with Crippen LogP contribution in [0.2, 0.25) is 0 Å². The van der Waals surface area contributed by atoms with Crippen molar-refractivity contribution < 1.29 is 24.0 Å². The second-order valence-electron chi connectivity index (χ2n) is 8.25. The third-order valence-electron chi connectivity index (χ3n) is 5.71. The fourth-order valence-electron chi connectivity index (χ4n) is 3.96. The molecule has 4 rings (SSSR count). The van der Waals surface area contributed by atoms with Gasteiger partial charge in [0.05, 0.1) is 16.8 Å². The van der Waals surface area contributed by atoms with E-state index in [1.54, 1.807) is 37.3 Å². The summed E-state index contributed by atoms with van der Waals surface area (Å²) in [7, 11) is 0. The van der Waals surface area contributed by atoms with Crippen LogP contribution in [0.25, 0.3) is 0 Å². The molecular formula is C23H25N7O5. The van der Waals surface area contributed by atoms with Crippen molar-refractivity contribution in [2.75, 3.05) is 23.7 Å². The Kier molecular flexibility index (Phi) is 6.99. The first-order valence-corrected chi connectivity index (χ1v) is 11.3. The number of nitrogens with zero attached hydrogens (tertiary/aromatic N) is 3. The first-order chi connectivity index (χ1) is 16.8. The minimum absolute atomic E-state index is 0.0688. The number of rotatable bonds is 8. The minimum atomic E-state index is -1.00. The molecule has 182 valence electrons. The van der Waals surface area contributed by atoms with Gasteiger partial charge in [0.1, 0.15) is 6.04 Å². The molecule has 1 aromatic heterocycles. The third kappa shape index (κ3) is 5.26. The predicted octanol–water partition coefficient (Wildman–Crippen LogP) is 1.20. The average molecular weight is 479 g/mol. The summed E-state index contributed by atoms with van der Waals surface area (Å²) in [5, 5.41) is 18.4. The van der Waals surface area contributed by atoms with Crippen LogP contribution in [0.4, 0.5) is 16.3 Å². The van der Waals surface area contributed by atoms with Crippen molar-refractivity contribution >= 4 is 41.2 Å². The monoisotopic (exact) mass is 479 g/mol. The van der Waals surface area contributed by atoms with E-state index in [4.69, 9.17) is 0 Å². The molecule has 0 aliphatic carbocycles. The Morgan fingerprint density at radius 1 is 1.06 bits per heavy atom. The molecule has 0 radical (unpaired) electrons. The lowest BCUT2D eigenvalue weighted by molar-refractivity contribution is -0.136. The van der Waals surface area contributed by atoms with E-state index in [-0.39, 0.29) is 30.0 Å². The summed E-state index contributed by atoms with van der Waals surface area (Å²) in [6.07, 6.45) is 1.53. The van der Waals surface area contributed by atoms with E-state index in [9.17, 15) is 24.0 Å². The van der Waals surface area contributed by atoms with Gasteiger partial charge in [0.15, 0.2) is 5.82 Å². The maximum atomic E-state index is 13.1. The van der Waals surface area contributed by atoms with E-state index in [0.29, 0.717) is 37.4 Å². The second-order valence-corrected chi connectivity index (χ2v) is 8.25. The maximum absolute atomic E-state index is 13.1. The molecule has 1 unspecified atom stereocenters. The van der Waals surface area contributed by atoms with Gasteiger partial charge in [-0.2, -0.15) is 5.10 Å². The van der Waals surface area contributed by atoms with Crippen LogP contribution in [0, 0.1) is 6.92 Å². The molecule has 0 bridgehead atoms. The highest BCUT2D eigenvalue weighted by Gasteiger charge is 2.45. The molecular weight excluding hydrogens is 454 g/mol. The number of carbonyl (C=O) groups is 5. The van der Waals surface area contributed by atoms with Gasteiger partial charge in [-0.05, 0) is 50.5 Å². The van der Waals surface area contributed by atoms with E-state index in [0.717, 1.165) is 10.6 Å². The van der Waals surface area contributed by atoms with Crippen molar-refractivity contribution in [1.29, 1.82) is 0 Å². The van der Waals surface area contributed by atoms with Gasteiger partial charge < -0.3 is 10.6 Å².